The maximum atomic E-state index is 12.1. The quantitative estimate of drug-likeness (QED) is 0.778. The second-order valence-corrected chi connectivity index (χ2v) is 5.61. The fourth-order valence-corrected chi connectivity index (χ4v) is 3.02. The number of nitrogens with zero attached hydrogens (tertiary/aromatic N) is 2. The molecule has 0 aliphatic heterocycles. The number of amides is 1. The van der Waals surface area contributed by atoms with Crippen LogP contribution in [0.15, 0.2) is 35.8 Å². The first-order chi connectivity index (χ1) is 10.6. The molecule has 7 heteroatoms. The van der Waals surface area contributed by atoms with Gasteiger partial charge in [-0.05, 0) is 13.0 Å². The Morgan fingerprint density at radius 3 is 2.73 bits per heavy atom. The van der Waals surface area contributed by atoms with Crippen molar-refractivity contribution in [2.24, 2.45) is 0 Å². The summed E-state index contributed by atoms with van der Waals surface area (Å²) in [6, 6.07) is 5.96. The second kappa shape index (κ2) is 5.61. The summed E-state index contributed by atoms with van der Waals surface area (Å²) >= 11 is 1.52. The fraction of sp³-hybridized carbons (Fsp3) is 0.133. The molecule has 0 bridgehead atoms. The van der Waals surface area contributed by atoms with Crippen molar-refractivity contribution in [2.45, 2.75) is 13.5 Å². The Morgan fingerprint density at radius 2 is 2.05 bits per heavy atom. The first kappa shape index (κ1) is 14.3. The number of nitrogens with one attached hydrogen (secondary N) is 1. The van der Waals surface area contributed by atoms with E-state index in [4.69, 9.17) is 0 Å². The molecule has 1 aromatic carbocycles. The molecule has 3 aromatic rings. The number of carboxylic acids is 1. The van der Waals surface area contributed by atoms with Crippen LogP contribution >= 0.6 is 11.3 Å². The molecular formula is C15H12N3O3S-. The molecule has 0 fully saturated rings. The summed E-state index contributed by atoms with van der Waals surface area (Å²) in [5.41, 5.74) is 1.75. The molecule has 1 N–H and O–H groups in total. The van der Waals surface area contributed by atoms with E-state index in [0.29, 0.717) is 5.69 Å². The maximum Gasteiger partial charge on any atom is 0.252 e. The molecule has 0 aliphatic rings. The number of carbonyl (C=O) groups excluding carboxylic acids is 2. The van der Waals surface area contributed by atoms with Gasteiger partial charge in [0.2, 0.25) is 0 Å². The minimum Gasteiger partial charge on any atom is -0.545 e. The van der Waals surface area contributed by atoms with E-state index >= 15 is 0 Å². The van der Waals surface area contributed by atoms with Crippen molar-refractivity contribution in [1.29, 1.82) is 0 Å². The van der Waals surface area contributed by atoms with Crippen molar-refractivity contribution in [3.63, 3.8) is 0 Å². The number of imidazole rings is 1. The second-order valence-electron chi connectivity index (χ2n) is 4.78. The highest BCUT2D eigenvalue weighted by atomic mass is 32.1. The van der Waals surface area contributed by atoms with Crippen molar-refractivity contribution in [1.82, 2.24) is 14.7 Å². The summed E-state index contributed by atoms with van der Waals surface area (Å²) in [6.45, 7) is 2.21. The third-order valence-electron chi connectivity index (χ3n) is 3.26. The van der Waals surface area contributed by atoms with Crippen molar-refractivity contribution >= 4 is 28.2 Å². The Hall–Kier alpha value is -2.67. The van der Waals surface area contributed by atoms with Gasteiger partial charge in [0, 0.05) is 28.4 Å². The number of fused-ring (bicyclic) bond motifs is 1. The Labute approximate surface area is 130 Å². The summed E-state index contributed by atoms with van der Waals surface area (Å²) in [7, 11) is 0. The highest BCUT2D eigenvalue weighted by molar-refractivity contribution is 7.15. The lowest BCUT2D eigenvalue weighted by Crippen LogP contribution is -2.29. The van der Waals surface area contributed by atoms with E-state index in [1.54, 1.807) is 12.1 Å². The Bertz CT molecular complexity index is 866. The predicted molar refractivity (Wildman–Crippen MR) is 79.7 cm³/mol. The number of rotatable bonds is 4. The Kier molecular flexibility index (Phi) is 3.64. The minimum atomic E-state index is -1.37. The summed E-state index contributed by atoms with van der Waals surface area (Å²) in [4.78, 5) is 28.4. The number of thiazole rings is 1. The van der Waals surface area contributed by atoms with Crippen LogP contribution in [0, 0.1) is 6.92 Å². The monoisotopic (exact) mass is 314 g/mol. The fourth-order valence-electron chi connectivity index (χ4n) is 2.15. The highest BCUT2D eigenvalue weighted by Gasteiger charge is 2.12. The van der Waals surface area contributed by atoms with Crippen LogP contribution in [-0.2, 0) is 6.54 Å². The van der Waals surface area contributed by atoms with E-state index in [-0.39, 0.29) is 17.7 Å². The predicted octanol–water partition coefficient (Wildman–Crippen LogP) is 0.998. The van der Waals surface area contributed by atoms with Gasteiger partial charge in [0.25, 0.3) is 5.91 Å². The molecule has 6 nitrogen and oxygen atoms in total. The third kappa shape index (κ3) is 2.58. The molecule has 0 radical (unpaired) electrons. The summed E-state index contributed by atoms with van der Waals surface area (Å²) < 4.78 is 1.95. The van der Waals surface area contributed by atoms with Crippen LogP contribution in [0.2, 0.25) is 0 Å². The lowest BCUT2D eigenvalue weighted by molar-refractivity contribution is -0.255. The molecule has 0 saturated heterocycles. The van der Waals surface area contributed by atoms with E-state index in [1.165, 1.54) is 23.5 Å². The zero-order chi connectivity index (χ0) is 15.7. The molecule has 0 saturated carbocycles. The van der Waals surface area contributed by atoms with Gasteiger partial charge in [0.15, 0.2) is 4.96 Å². The molecule has 0 aliphatic carbocycles. The lowest BCUT2D eigenvalue weighted by atomic mass is 10.1. The smallest absolute Gasteiger partial charge is 0.252 e. The van der Waals surface area contributed by atoms with Crippen LogP contribution in [0.25, 0.3) is 4.96 Å². The Balaban J connectivity index is 1.76. The summed E-state index contributed by atoms with van der Waals surface area (Å²) in [6.07, 6.45) is 1.85. The number of hydrogen-bond acceptors (Lipinski definition) is 5. The number of benzene rings is 1. The van der Waals surface area contributed by atoms with Crippen LogP contribution < -0.4 is 10.4 Å². The van der Waals surface area contributed by atoms with E-state index in [2.05, 4.69) is 10.3 Å². The van der Waals surface area contributed by atoms with Crippen LogP contribution in [-0.4, -0.2) is 21.3 Å². The standard InChI is InChI=1S/C15H13N3O3S/c1-9-8-22-15-17-10(7-18(9)15)6-16-13(19)11-4-2-3-5-12(11)14(20)21/h2-5,7-8H,6H2,1H3,(H,16,19)(H,20,21)/p-1. The van der Waals surface area contributed by atoms with Gasteiger partial charge in [-0.25, -0.2) is 4.98 Å². The lowest BCUT2D eigenvalue weighted by Gasteiger charge is -2.09. The average molecular weight is 314 g/mol. The third-order valence-corrected chi connectivity index (χ3v) is 4.22. The molecule has 1 amide bonds. The molecule has 2 aromatic heterocycles. The molecule has 0 spiro atoms. The van der Waals surface area contributed by atoms with E-state index in [9.17, 15) is 14.7 Å². The molecule has 22 heavy (non-hydrogen) atoms. The van der Waals surface area contributed by atoms with E-state index in [0.717, 1.165) is 10.7 Å². The maximum absolute atomic E-state index is 12.1. The summed E-state index contributed by atoms with van der Waals surface area (Å²) in [5.74, 6) is -1.84. The first-order valence-corrected chi connectivity index (χ1v) is 7.45. The molecular weight excluding hydrogens is 302 g/mol. The SMILES string of the molecule is Cc1csc2nc(CNC(=O)c3ccccc3C(=O)[O-])cn12. The molecule has 0 atom stereocenters. The van der Waals surface area contributed by atoms with Crippen LogP contribution in [0.5, 0.6) is 0 Å². The number of carbonyl (C=O) groups is 2. The van der Waals surface area contributed by atoms with Crippen molar-refractivity contribution in [2.75, 3.05) is 0 Å². The summed E-state index contributed by atoms with van der Waals surface area (Å²) in [5, 5.41) is 15.7. The van der Waals surface area contributed by atoms with Gasteiger partial charge in [0.05, 0.1) is 18.2 Å². The van der Waals surface area contributed by atoms with Gasteiger partial charge in [-0.2, -0.15) is 0 Å². The van der Waals surface area contributed by atoms with Crippen LogP contribution in [0.1, 0.15) is 32.1 Å². The van der Waals surface area contributed by atoms with Gasteiger partial charge in [-0.1, -0.05) is 18.2 Å². The van der Waals surface area contributed by atoms with Crippen molar-refractivity contribution in [3.05, 3.63) is 58.4 Å². The van der Waals surface area contributed by atoms with Gasteiger partial charge >= 0.3 is 0 Å². The van der Waals surface area contributed by atoms with Crippen LogP contribution in [0.3, 0.4) is 0 Å². The number of hydrogen-bond donors (Lipinski definition) is 1. The Morgan fingerprint density at radius 1 is 1.32 bits per heavy atom. The average Bonchev–Trinajstić information content (AvgIpc) is 3.07. The van der Waals surface area contributed by atoms with Gasteiger partial charge in [-0.15, -0.1) is 11.3 Å². The van der Waals surface area contributed by atoms with E-state index in [1.807, 2.05) is 22.9 Å². The number of aromatic carboxylic acids is 1. The zero-order valence-corrected chi connectivity index (χ0v) is 12.5. The molecule has 0 unspecified atom stereocenters. The largest absolute Gasteiger partial charge is 0.545 e. The first-order valence-electron chi connectivity index (χ1n) is 6.57. The topological polar surface area (TPSA) is 86.5 Å². The van der Waals surface area contributed by atoms with Gasteiger partial charge in [-0.3, -0.25) is 9.20 Å². The van der Waals surface area contributed by atoms with Crippen molar-refractivity contribution < 1.29 is 14.7 Å². The zero-order valence-electron chi connectivity index (χ0n) is 11.7. The highest BCUT2D eigenvalue weighted by Crippen LogP contribution is 2.16. The minimum absolute atomic E-state index is 0.0831. The van der Waals surface area contributed by atoms with Crippen LogP contribution in [0.4, 0.5) is 0 Å². The van der Waals surface area contributed by atoms with Gasteiger partial charge < -0.3 is 15.2 Å². The molecule has 112 valence electrons. The number of aryl methyl sites for hydroxylation is 1. The molecule has 3 rings (SSSR count). The number of aromatic nitrogens is 2. The normalized spacial score (nSPS) is 10.8. The van der Waals surface area contributed by atoms with E-state index < -0.39 is 11.9 Å². The van der Waals surface area contributed by atoms with Gasteiger partial charge in [0.1, 0.15) is 0 Å². The number of carboxylic acid groups (broad SMARTS) is 1. The molecule has 2 heterocycles. The van der Waals surface area contributed by atoms with Crippen molar-refractivity contribution in [3.8, 4) is 0 Å².